The van der Waals surface area contributed by atoms with Crippen molar-refractivity contribution in [3.63, 3.8) is 0 Å². The number of Topliss-reactive ketones (excluding diaryl/α,β-unsaturated/α-hetero) is 1. The number of rotatable bonds is 8. The molecule has 4 fully saturated rings. The minimum atomic E-state index is -1.28. The van der Waals surface area contributed by atoms with Gasteiger partial charge in [-0.1, -0.05) is 32.1 Å². The number of benzene rings is 2. The van der Waals surface area contributed by atoms with Crippen molar-refractivity contribution in [3.05, 3.63) is 83.5 Å². The first-order chi connectivity index (χ1) is 24.8. The van der Waals surface area contributed by atoms with Crippen molar-refractivity contribution in [1.82, 2.24) is 4.90 Å². The van der Waals surface area contributed by atoms with Crippen LogP contribution >= 0.6 is 0 Å². The third kappa shape index (κ3) is 5.14. The van der Waals surface area contributed by atoms with E-state index in [2.05, 4.69) is 37.4 Å². The van der Waals surface area contributed by atoms with E-state index in [-0.39, 0.29) is 47.3 Å². The number of anilines is 1. The summed E-state index contributed by atoms with van der Waals surface area (Å²) in [6.45, 7) is 5.49. The normalized spacial score (nSPS) is 38.6. The second-order valence-corrected chi connectivity index (χ2v) is 16.9. The van der Waals surface area contributed by atoms with E-state index in [1.807, 2.05) is 0 Å². The molecule has 0 radical (unpaired) electrons. The molecule has 0 aromatic heterocycles. The van der Waals surface area contributed by atoms with Gasteiger partial charge in [-0.05, 0) is 118 Å². The Hall–Kier alpha value is -3.60. The van der Waals surface area contributed by atoms with Gasteiger partial charge in [0.2, 0.25) is 0 Å². The lowest BCUT2D eigenvalue weighted by atomic mass is 9.32. The number of nitrogens with one attached hydrogen (secondary N) is 1. The van der Waals surface area contributed by atoms with Crippen LogP contribution in [-0.2, 0) is 4.74 Å². The minimum Gasteiger partial charge on any atom is -0.497 e. The standard InChI is InChI=1S/C42H50F2N2O6/c1-38-15-12-28(47)22-40(38)18-19-42(31(23-40)36(48)26-6-11-32(43)33(44)21-26)34(38)13-16-39(2)35(42)14-17-41(39,50)25-46(24-30-5-4-20-52-30)37(49)45-27-7-9-29(51-3)10-8-27/h6-11,18-19,21,23,28,30,34-35,47,50H,4-5,12-17,20,22,24-25H2,1-3H3,(H,45,49)/t28?,30-,34-,35-,38-,39+,40+,41-,42-/m1/s1. The van der Waals surface area contributed by atoms with Crippen LogP contribution in [0.2, 0.25) is 0 Å². The lowest BCUT2D eigenvalue weighted by Gasteiger charge is -2.71. The molecule has 2 amide bonds. The number of allylic oxidation sites excluding steroid dienone is 4. The molecule has 1 unspecified atom stereocenters. The van der Waals surface area contributed by atoms with E-state index in [4.69, 9.17) is 9.47 Å². The number of carbonyl (C=O) groups is 2. The number of aliphatic hydroxyl groups is 2. The van der Waals surface area contributed by atoms with Gasteiger partial charge in [0, 0.05) is 46.2 Å². The van der Waals surface area contributed by atoms with E-state index >= 15 is 0 Å². The third-order valence-electron chi connectivity index (χ3n) is 14.7. The van der Waals surface area contributed by atoms with Gasteiger partial charge in [-0.25, -0.2) is 13.6 Å². The number of amides is 2. The van der Waals surface area contributed by atoms with Crippen molar-refractivity contribution in [2.45, 2.75) is 89.4 Å². The summed E-state index contributed by atoms with van der Waals surface area (Å²) in [5.41, 5.74) is -2.29. The molecular weight excluding hydrogens is 666 g/mol. The molecule has 3 N–H and O–H groups in total. The van der Waals surface area contributed by atoms with Gasteiger partial charge < -0.3 is 29.9 Å². The van der Waals surface area contributed by atoms with Crippen LogP contribution in [-0.4, -0.2) is 71.5 Å². The first-order valence-corrected chi connectivity index (χ1v) is 18.9. The van der Waals surface area contributed by atoms with Crippen LogP contribution < -0.4 is 10.1 Å². The number of hydrogen-bond donors (Lipinski definition) is 3. The monoisotopic (exact) mass is 716 g/mol. The Balaban J connectivity index is 1.17. The molecule has 2 spiro atoms. The number of urea groups is 1. The Morgan fingerprint density at radius 1 is 0.962 bits per heavy atom. The van der Waals surface area contributed by atoms with Crippen LogP contribution in [0, 0.1) is 45.1 Å². The third-order valence-corrected chi connectivity index (χ3v) is 14.7. The summed E-state index contributed by atoms with van der Waals surface area (Å²) in [6, 6.07) is 10.1. The van der Waals surface area contributed by atoms with Crippen molar-refractivity contribution < 1.29 is 38.1 Å². The van der Waals surface area contributed by atoms with Crippen LogP contribution in [0.3, 0.4) is 0 Å². The van der Waals surface area contributed by atoms with Gasteiger partial charge in [0.1, 0.15) is 5.75 Å². The van der Waals surface area contributed by atoms with Gasteiger partial charge in [0.25, 0.3) is 0 Å². The topological polar surface area (TPSA) is 108 Å². The molecule has 9 rings (SSSR count). The fourth-order valence-electron chi connectivity index (χ4n) is 11.8. The van der Waals surface area contributed by atoms with Crippen molar-refractivity contribution in [3.8, 4) is 5.75 Å². The molecule has 1 saturated heterocycles. The predicted molar refractivity (Wildman–Crippen MR) is 192 cm³/mol. The van der Waals surface area contributed by atoms with Gasteiger partial charge in [-0.2, -0.15) is 0 Å². The smallest absolute Gasteiger partial charge is 0.322 e. The highest BCUT2D eigenvalue weighted by atomic mass is 19.2. The highest BCUT2D eigenvalue weighted by molar-refractivity contribution is 6.10. The van der Waals surface area contributed by atoms with Gasteiger partial charge in [0.05, 0.1) is 31.5 Å². The van der Waals surface area contributed by atoms with E-state index in [0.29, 0.717) is 62.3 Å². The maximum Gasteiger partial charge on any atom is 0.322 e. The van der Waals surface area contributed by atoms with Gasteiger partial charge in [-0.3, -0.25) is 4.79 Å². The van der Waals surface area contributed by atoms with Crippen molar-refractivity contribution in [1.29, 1.82) is 0 Å². The molecule has 7 aliphatic rings. The van der Waals surface area contributed by atoms with E-state index in [1.165, 1.54) is 6.07 Å². The maximum absolute atomic E-state index is 14.7. The number of halogens is 2. The molecular formula is C42H50F2N2O6. The summed E-state index contributed by atoms with van der Waals surface area (Å²) < 4.78 is 39.9. The Morgan fingerprint density at radius 2 is 1.69 bits per heavy atom. The van der Waals surface area contributed by atoms with Gasteiger partial charge in [-0.15, -0.1) is 0 Å². The van der Waals surface area contributed by atoms with Gasteiger partial charge in [0.15, 0.2) is 17.4 Å². The van der Waals surface area contributed by atoms with Crippen molar-refractivity contribution in [2.75, 3.05) is 32.1 Å². The molecule has 8 nitrogen and oxygen atoms in total. The molecule has 2 aromatic carbocycles. The second-order valence-electron chi connectivity index (χ2n) is 16.9. The van der Waals surface area contributed by atoms with E-state index in [1.54, 1.807) is 36.3 Å². The first kappa shape index (κ1) is 35.4. The number of ketones is 1. The summed E-state index contributed by atoms with van der Waals surface area (Å²) in [4.78, 5) is 30.4. The Labute approximate surface area is 304 Å². The van der Waals surface area contributed by atoms with Crippen LogP contribution in [0.1, 0.15) is 82.0 Å². The molecule has 52 heavy (non-hydrogen) atoms. The maximum atomic E-state index is 14.7. The molecule has 2 aromatic rings. The van der Waals surface area contributed by atoms with Crippen LogP contribution in [0.15, 0.2) is 66.3 Å². The number of nitrogens with zero attached hydrogens (tertiary/aromatic N) is 1. The van der Waals surface area contributed by atoms with Crippen LogP contribution in [0.5, 0.6) is 5.75 Å². The zero-order valence-electron chi connectivity index (χ0n) is 30.3. The van der Waals surface area contributed by atoms with Crippen LogP contribution in [0.4, 0.5) is 19.3 Å². The molecule has 10 heteroatoms. The Bertz CT molecular complexity index is 1830. The predicted octanol–water partition coefficient (Wildman–Crippen LogP) is 7.46. The quantitative estimate of drug-likeness (QED) is 0.194. The average molecular weight is 717 g/mol. The summed E-state index contributed by atoms with van der Waals surface area (Å²) in [5.74, 6) is -1.88. The zero-order chi connectivity index (χ0) is 36.7. The molecule has 1 aliphatic heterocycles. The molecule has 6 aliphatic carbocycles. The number of aliphatic hydroxyl groups excluding tert-OH is 1. The summed E-state index contributed by atoms with van der Waals surface area (Å²) in [5, 5.41) is 27.0. The van der Waals surface area contributed by atoms with Gasteiger partial charge >= 0.3 is 6.03 Å². The number of fused-ring (bicyclic) bond motifs is 1. The molecule has 3 saturated carbocycles. The number of hydrogen-bond acceptors (Lipinski definition) is 6. The number of ether oxygens (including phenoxy) is 2. The SMILES string of the molecule is COc1ccc(NC(=O)N(C[C@H]2CCCO2)C[C@]2(O)CC[C@H]3[C@]45C=C[C@@]6(C=C4C(=O)c4ccc(F)c(F)c4)CC(O)CC[C@]6(C)[C@H]5CC[C@@]32C)cc1. The van der Waals surface area contributed by atoms with Crippen molar-refractivity contribution in [2.24, 2.45) is 33.5 Å². The first-order valence-electron chi connectivity index (χ1n) is 18.9. The Kier molecular flexibility index (Phi) is 8.51. The second kappa shape index (κ2) is 12.5. The fraction of sp³-hybridized carbons (Fsp3) is 0.571. The van der Waals surface area contributed by atoms with Crippen molar-refractivity contribution >= 4 is 17.5 Å². The summed E-state index contributed by atoms with van der Waals surface area (Å²) in [7, 11) is 1.59. The number of carbonyl (C=O) groups excluding carboxylic acids is 2. The van der Waals surface area contributed by atoms with E-state index in [9.17, 15) is 28.6 Å². The molecule has 1 heterocycles. The molecule has 278 valence electrons. The van der Waals surface area contributed by atoms with E-state index < -0.39 is 39.6 Å². The zero-order valence-corrected chi connectivity index (χ0v) is 30.3. The fourth-order valence-corrected chi connectivity index (χ4v) is 11.8. The Morgan fingerprint density at radius 3 is 2.40 bits per heavy atom. The highest BCUT2D eigenvalue weighted by Gasteiger charge is 2.74. The lowest BCUT2D eigenvalue weighted by Crippen LogP contribution is -2.67. The average Bonchev–Trinajstić information content (AvgIpc) is 3.74. The molecule has 2 bridgehead atoms. The lowest BCUT2D eigenvalue weighted by molar-refractivity contribution is -0.175. The minimum absolute atomic E-state index is 0.0357. The molecule has 9 atom stereocenters. The van der Waals surface area contributed by atoms with E-state index in [0.717, 1.165) is 37.8 Å². The number of methoxy groups -OCH3 is 1. The highest BCUT2D eigenvalue weighted by Crippen LogP contribution is 2.78. The largest absolute Gasteiger partial charge is 0.497 e. The summed E-state index contributed by atoms with van der Waals surface area (Å²) >= 11 is 0. The summed E-state index contributed by atoms with van der Waals surface area (Å²) in [6.07, 6.45) is 12.0. The van der Waals surface area contributed by atoms with Crippen LogP contribution in [0.25, 0.3) is 0 Å².